The van der Waals surface area contributed by atoms with Crippen LogP contribution in [0.15, 0.2) is 48.6 Å². The maximum absolute atomic E-state index is 12.5. The van der Waals surface area contributed by atoms with Crippen molar-refractivity contribution < 1.29 is 52.9 Å². The molecule has 296 valence electrons. The van der Waals surface area contributed by atoms with Crippen LogP contribution in [0.1, 0.15) is 136 Å². The minimum absolute atomic E-state index is 0.0936. The van der Waals surface area contributed by atoms with Crippen molar-refractivity contribution in [2.75, 3.05) is 26.4 Å². The molecule has 0 radical (unpaired) electrons. The molecule has 12 heteroatoms. The second kappa shape index (κ2) is 33.7. The highest BCUT2D eigenvalue weighted by Gasteiger charge is 2.27. The van der Waals surface area contributed by atoms with Gasteiger partial charge in [-0.25, -0.2) is 4.57 Å². The molecule has 51 heavy (non-hydrogen) atoms. The number of aliphatic hydroxyl groups excluding tert-OH is 3. The van der Waals surface area contributed by atoms with Crippen molar-refractivity contribution in [1.29, 1.82) is 0 Å². The Bertz CT molecular complexity index is 1030. The summed E-state index contributed by atoms with van der Waals surface area (Å²) < 4.78 is 32.5. The number of carbonyl (C=O) groups is 2. The molecule has 0 saturated carbocycles. The molecular weight excluding hydrogens is 675 g/mol. The van der Waals surface area contributed by atoms with E-state index in [4.69, 9.17) is 19.1 Å². The second-order valence-electron chi connectivity index (χ2n) is 13.0. The Morgan fingerprint density at radius 1 is 0.647 bits per heavy atom. The molecule has 0 bridgehead atoms. The van der Waals surface area contributed by atoms with E-state index in [9.17, 15) is 29.3 Å². The molecule has 0 saturated heterocycles. The number of hydrogen-bond donors (Lipinski definition) is 4. The largest absolute Gasteiger partial charge is 0.472 e. The first-order chi connectivity index (χ1) is 24.5. The summed E-state index contributed by atoms with van der Waals surface area (Å²) in [6.07, 6.45) is 29.1. The fourth-order valence-corrected chi connectivity index (χ4v) is 5.44. The first-order valence-corrected chi connectivity index (χ1v) is 20.6. The molecule has 0 aromatic carbocycles. The van der Waals surface area contributed by atoms with Gasteiger partial charge in [-0.15, -0.1) is 0 Å². The number of esters is 2. The van der Waals surface area contributed by atoms with Crippen LogP contribution in [0.2, 0.25) is 0 Å². The van der Waals surface area contributed by atoms with Crippen molar-refractivity contribution in [2.45, 2.75) is 155 Å². The summed E-state index contributed by atoms with van der Waals surface area (Å²) in [5.41, 5.74) is 0. The van der Waals surface area contributed by atoms with Gasteiger partial charge >= 0.3 is 19.8 Å². The van der Waals surface area contributed by atoms with Gasteiger partial charge in [-0.05, 0) is 63.7 Å². The molecule has 5 atom stereocenters. The lowest BCUT2D eigenvalue weighted by Gasteiger charge is -2.20. The van der Waals surface area contributed by atoms with Crippen LogP contribution >= 0.6 is 7.82 Å². The van der Waals surface area contributed by atoms with E-state index in [0.29, 0.717) is 19.3 Å². The van der Waals surface area contributed by atoms with Gasteiger partial charge in [0.2, 0.25) is 0 Å². The minimum atomic E-state index is -4.63. The molecule has 0 aliphatic carbocycles. The Morgan fingerprint density at radius 2 is 1.20 bits per heavy atom. The zero-order chi connectivity index (χ0) is 38.0. The third-order valence-corrected chi connectivity index (χ3v) is 9.14. The quantitative estimate of drug-likeness (QED) is 0.0217. The minimum Gasteiger partial charge on any atom is -0.462 e. The van der Waals surface area contributed by atoms with Crippen LogP contribution in [-0.2, 0) is 32.7 Å². The van der Waals surface area contributed by atoms with Gasteiger partial charge in [0.1, 0.15) is 12.7 Å². The molecular formula is C39H69O11P. The fraction of sp³-hybridized carbons (Fsp3) is 0.744. The maximum atomic E-state index is 12.5. The number of hydrogen-bond acceptors (Lipinski definition) is 10. The number of unbranched alkanes of at least 4 members (excludes halogenated alkanes) is 6. The van der Waals surface area contributed by atoms with Gasteiger partial charge < -0.3 is 29.7 Å². The van der Waals surface area contributed by atoms with E-state index in [1.165, 1.54) is 25.7 Å². The number of allylic oxidation sites excluding steroid dienone is 8. The van der Waals surface area contributed by atoms with E-state index >= 15 is 0 Å². The average Bonchev–Trinajstić information content (AvgIpc) is 3.12. The SMILES string of the molecule is CCC(C)CCCCCCCCC(=O)OC[C@H](COP(=O)(O)OC[C@@H](O)CO)OC(=O)CCC/C=C\C/C=C\C/C=C\C/C=C\CC[C@H](O)CC. The molecule has 0 aromatic rings. The molecule has 0 aliphatic rings. The lowest BCUT2D eigenvalue weighted by Crippen LogP contribution is -2.29. The standard InChI is InChI=1S/C39H69O11P/c1-4-34(3)26-22-18-16-17-20-24-28-38(43)47-32-37(33-49-51(45,46)48-31-36(42)30-40)50-39(44)29-25-21-15-13-11-9-7-6-8-10-12-14-19-23-27-35(41)5-2/h7-10,13-15,19,34-37,40-42H,4-6,11-12,16-18,20-33H2,1-3H3,(H,45,46)/b9-7-,10-8-,15-13-,19-14-/t34?,35-,36+,37-/m1/s1. The van der Waals surface area contributed by atoms with Crippen molar-refractivity contribution >= 4 is 19.8 Å². The van der Waals surface area contributed by atoms with Crippen LogP contribution in [0.25, 0.3) is 0 Å². The summed E-state index contributed by atoms with van der Waals surface area (Å²) in [5.74, 6) is -0.253. The zero-order valence-electron chi connectivity index (χ0n) is 31.6. The van der Waals surface area contributed by atoms with Gasteiger partial charge in [0.15, 0.2) is 6.10 Å². The van der Waals surface area contributed by atoms with E-state index in [1.54, 1.807) is 0 Å². The van der Waals surface area contributed by atoms with E-state index < -0.39 is 51.8 Å². The van der Waals surface area contributed by atoms with Crippen molar-refractivity contribution in [3.63, 3.8) is 0 Å². The summed E-state index contributed by atoms with van der Waals surface area (Å²) in [4.78, 5) is 34.8. The Morgan fingerprint density at radius 3 is 1.80 bits per heavy atom. The molecule has 11 nitrogen and oxygen atoms in total. The van der Waals surface area contributed by atoms with Crippen molar-refractivity contribution in [1.82, 2.24) is 0 Å². The number of rotatable bonds is 34. The highest BCUT2D eigenvalue weighted by atomic mass is 31.2. The predicted octanol–water partition coefficient (Wildman–Crippen LogP) is 8.21. The van der Waals surface area contributed by atoms with Crippen LogP contribution < -0.4 is 0 Å². The van der Waals surface area contributed by atoms with Crippen molar-refractivity contribution in [3.05, 3.63) is 48.6 Å². The lowest BCUT2D eigenvalue weighted by atomic mass is 10.00. The number of phosphoric acid groups is 1. The number of carbonyl (C=O) groups excluding carboxylic acids is 2. The number of ether oxygens (including phenoxy) is 2. The van der Waals surface area contributed by atoms with Gasteiger partial charge in [-0.1, -0.05) is 114 Å². The summed E-state index contributed by atoms with van der Waals surface area (Å²) >= 11 is 0. The molecule has 0 aromatic heterocycles. The maximum Gasteiger partial charge on any atom is 0.472 e. The van der Waals surface area contributed by atoms with Crippen LogP contribution in [0.5, 0.6) is 0 Å². The Kier molecular flexibility index (Phi) is 32.3. The third kappa shape index (κ3) is 33.5. The summed E-state index contributed by atoms with van der Waals surface area (Å²) in [5, 5.41) is 27.8. The summed E-state index contributed by atoms with van der Waals surface area (Å²) in [6.45, 7) is 4.26. The predicted molar refractivity (Wildman–Crippen MR) is 202 cm³/mol. The smallest absolute Gasteiger partial charge is 0.462 e. The first kappa shape index (κ1) is 48.9. The van der Waals surface area contributed by atoms with Gasteiger partial charge in [0.05, 0.1) is 25.9 Å². The van der Waals surface area contributed by atoms with E-state index in [2.05, 4.69) is 54.8 Å². The van der Waals surface area contributed by atoms with Crippen LogP contribution in [0, 0.1) is 5.92 Å². The first-order valence-electron chi connectivity index (χ1n) is 19.1. The third-order valence-electron chi connectivity index (χ3n) is 8.19. The highest BCUT2D eigenvalue weighted by Crippen LogP contribution is 2.43. The molecule has 0 rings (SSSR count). The Balaban J connectivity index is 4.50. The highest BCUT2D eigenvalue weighted by molar-refractivity contribution is 7.47. The van der Waals surface area contributed by atoms with Crippen LogP contribution in [0.4, 0.5) is 0 Å². The van der Waals surface area contributed by atoms with Gasteiger partial charge in [-0.3, -0.25) is 18.6 Å². The van der Waals surface area contributed by atoms with Crippen molar-refractivity contribution in [3.8, 4) is 0 Å². The van der Waals surface area contributed by atoms with E-state index in [0.717, 1.165) is 63.7 Å². The lowest BCUT2D eigenvalue weighted by molar-refractivity contribution is -0.161. The molecule has 0 spiro atoms. The van der Waals surface area contributed by atoms with E-state index in [1.807, 2.05) is 19.1 Å². The second-order valence-corrected chi connectivity index (χ2v) is 14.4. The van der Waals surface area contributed by atoms with Crippen LogP contribution in [-0.4, -0.2) is 76.9 Å². The molecule has 0 fully saturated rings. The molecule has 4 N–H and O–H groups in total. The zero-order valence-corrected chi connectivity index (χ0v) is 32.5. The molecule has 0 aliphatic heterocycles. The summed E-state index contributed by atoms with van der Waals surface area (Å²) in [7, 11) is -4.63. The monoisotopic (exact) mass is 744 g/mol. The Labute approximate surface area is 307 Å². The van der Waals surface area contributed by atoms with Crippen LogP contribution in [0.3, 0.4) is 0 Å². The van der Waals surface area contributed by atoms with Crippen molar-refractivity contribution in [2.24, 2.45) is 5.92 Å². The van der Waals surface area contributed by atoms with Gasteiger partial charge in [0, 0.05) is 12.8 Å². The average molecular weight is 745 g/mol. The Hall–Kier alpha value is -2.11. The van der Waals surface area contributed by atoms with Gasteiger partial charge in [-0.2, -0.15) is 0 Å². The normalized spacial score (nSPS) is 15.8. The fourth-order valence-electron chi connectivity index (χ4n) is 4.65. The molecule has 0 heterocycles. The summed E-state index contributed by atoms with van der Waals surface area (Å²) in [6, 6.07) is 0. The number of aliphatic hydroxyl groups is 3. The molecule has 0 amide bonds. The topological polar surface area (TPSA) is 169 Å². The molecule has 2 unspecified atom stereocenters. The van der Waals surface area contributed by atoms with Gasteiger partial charge in [0.25, 0.3) is 0 Å². The van der Waals surface area contributed by atoms with E-state index in [-0.39, 0.29) is 25.6 Å². The number of phosphoric ester groups is 1.